The summed E-state index contributed by atoms with van der Waals surface area (Å²) in [5.74, 6) is 1.12. The van der Waals surface area contributed by atoms with Crippen molar-refractivity contribution >= 4 is 51.5 Å². The summed E-state index contributed by atoms with van der Waals surface area (Å²) in [5.41, 5.74) is 3.31. The molecule has 1 N–H and O–H groups in total. The van der Waals surface area contributed by atoms with E-state index in [0.29, 0.717) is 28.2 Å². The second-order valence-electron chi connectivity index (χ2n) is 10.00. The van der Waals surface area contributed by atoms with Crippen LogP contribution >= 0.6 is 22.9 Å². The zero-order valence-electron chi connectivity index (χ0n) is 20.0. The number of hydrogen-bond donors (Lipinski definition) is 1. The van der Waals surface area contributed by atoms with E-state index in [9.17, 15) is 9.00 Å². The third-order valence-electron chi connectivity index (χ3n) is 6.47. The Morgan fingerprint density at radius 1 is 1.15 bits per heavy atom. The highest BCUT2D eigenvalue weighted by Crippen LogP contribution is 2.36. The summed E-state index contributed by atoms with van der Waals surface area (Å²) < 4.78 is 20.0. The van der Waals surface area contributed by atoms with Crippen LogP contribution in [0.4, 0.5) is 11.4 Å². The number of amides is 1. The first-order valence-corrected chi connectivity index (χ1v) is 14.2. The van der Waals surface area contributed by atoms with Crippen molar-refractivity contribution in [2.75, 3.05) is 36.4 Å². The number of nitrogens with one attached hydrogen (secondary N) is 1. The first kappa shape index (κ1) is 25.6. The lowest BCUT2D eigenvalue weighted by Crippen LogP contribution is -2.42. The molecule has 0 radical (unpaired) electrons. The number of thiazole rings is 1. The van der Waals surface area contributed by atoms with E-state index in [-0.39, 0.29) is 5.91 Å². The van der Waals surface area contributed by atoms with Crippen molar-refractivity contribution in [1.29, 1.82) is 0 Å². The van der Waals surface area contributed by atoms with Gasteiger partial charge in [0.1, 0.15) is 5.69 Å². The summed E-state index contributed by atoms with van der Waals surface area (Å²) in [6.07, 6.45) is 4.44. The second-order valence-corrected chi connectivity index (χ2v) is 12.2. The summed E-state index contributed by atoms with van der Waals surface area (Å²) in [4.78, 5) is 18.7. The van der Waals surface area contributed by atoms with Gasteiger partial charge in [0, 0.05) is 37.2 Å². The fraction of sp³-hybridized carbons (Fsp3) is 0.583. The van der Waals surface area contributed by atoms with Crippen molar-refractivity contribution in [3.63, 3.8) is 0 Å². The fourth-order valence-electron chi connectivity index (χ4n) is 4.70. The molecule has 2 aliphatic heterocycles. The van der Waals surface area contributed by atoms with Gasteiger partial charge in [0.2, 0.25) is 11.3 Å². The van der Waals surface area contributed by atoms with Crippen LogP contribution in [0.15, 0.2) is 29.1 Å². The van der Waals surface area contributed by atoms with Gasteiger partial charge in [-0.05, 0) is 76.5 Å². The third-order valence-corrected chi connectivity index (χ3v) is 8.80. The fourth-order valence-corrected chi connectivity index (χ4v) is 6.50. The van der Waals surface area contributed by atoms with Crippen LogP contribution in [0.5, 0.6) is 0 Å². The van der Waals surface area contributed by atoms with Crippen LogP contribution in [-0.2, 0) is 15.4 Å². The van der Waals surface area contributed by atoms with Crippen molar-refractivity contribution in [3.05, 3.63) is 39.8 Å². The first-order valence-electron chi connectivity index (χ1n) is 11.8. The maximum atomic E-state index is 12.4. The molecule has 10 heteroatoms. The SMILES string of the molecule is CC(C)(C)OS(=O)N1CCC(C2CCN(c3ccc(NC(=O)c4cscn4)c(Cl)c3)CC2)CC1. The number of rotatable bonds is 6. The standard InChI is InChI=1S/C24H33ClN4O3S2/c1-24(2,3)32-34(31)29-12-8-18(9-13-29)17-6-10-28(11-7-17)19-4-5-21(20(25)14-19)27-23(30)22-15-33-16-26-22/h4-5,14-18H,6-13H2,1-3H3,(H,27,30). The van der Waals surface area contributed by atoms with Gasteiger partial charge >= 0.3 is 0 Å². The highest BCUT2D eigenvalue weighted by atomic mass is 35.5. The number of hydrogen-bond acceptors (Lipinski definition) is 6. The topological polar surface area (TPSA) is 74.8 Å². The Bertz CT molecular complexity index is 996. The zero-order chi connectivity index (χ0) is 24.3. The monoisotopic (exact) mass is 524 g/mol. The van der Waals surface area contributed by atoms with Crippen LogP contribution in [0.1, 0.15) is 56.9 Å². The quantitative estimate of drug-likeness (QED) is 0.549. The molecule has 1 aromatic carbocycles. The maximum absolute atomic E-state index is 12.4. The van der Waals surface area contributed by atoms with E-state index in [4.69, 9.17) is 15.8 Å². The first-order chi connectivity index (χ1) is 16.2. The summed E-state index contributed by atoms with van der Waals surface area (Å²) in [6.45, 7) is 9.45. The highest BCUT2D eigenvalue weighted by Gasteiger charge is 2.32. The molecule has 2 aliphatic rings. The van der Waals surface area contributed by atoms with Gasteiger partial charge in [-0.3, -0.25) is 8.98 Å². The van der Waals surface area contributed by atoms with Crippen molar-refractivity contribution in [1.82, 2.24) is 9.29 Å². The number of carbonyl (C=O) groups excluding carboxylic acids is 1. The molecule has 2 aromatic rings. The normalized spacial score (nSPS) is 19.8. The van der Waals surface area contributed by atoms with Crippen LogP contribution in [0, 0.1) is 11.8 Å². The highest BCUT2D eigenvalue weighted by molar-refractivity contribution is 7.77. The molecule has 0 bridgehead atoms. The Morgan fingerprint density at radius 2 is 1.79 bits per heavy atom. The molecule has 1 amide bonds. The molecule has 0 aliphatic carbocycles. The average Bonchev–Trinajstić information content (AvgIpc) is 3.35. The van der Waals surface area contributed by atoms with Crippen LogP contribution in [-0.4, -0.2) is 51.2 Å². The summed E-state index contributed by atoms with van der Waals surface area (Å²) in [5, 5.41) is 5.08. The van der Waals surface area contributed by atoms with E-state index in [2.05, 4.69) is 15.2 Å². The molecule has 7 nitrogen and oxygen atoms in total. The number of carbonyl (C=O) groups is 1. The Kier molecular flexibility index (Phi) is 8.30. The molecular formula is C24H33ClN4O3S2. The number of aromatic nitrogens is 1. The van der Waals surface area contributed by atoms with Gasteiger partial charge in [-0.1, -0.05) is 11.6 Å². The maximum Gasteiger partial charge on any atom is 0.275 e. The Morgan fingerprint density at radius 3 is 2.35 bits per heavy atom. The van der Waals surface area contributed by atoms with Gasteiger partial charge in [0.25, 0.3) is 5.91 Å². The molecule has 1 atom stereocenters. The smallest absolute Gasteiger partial charge is 0.275 e. The van der Waals surface area contributed by atoms with E-state index in [1.165, 1.54) is 11.3 Å². The molecule has 2 saturated heterocycles. The molecule has 0 spiro atoms. The van der Waals surface area contributed by atoms with Gasteiger partial charge in [0.05, 0.1) is 21.8 Å². The van der Waals surface area contributed by atoms with Crippen molar-refractivity contribution in [2.24, 2.45) is 11.8 Å². The Hall–Kier alpha value is -1.52. The van der Waals surface area contributed by atoms with E-state index in [1.54, 1.807) is 10.9 Å². The predicted molar refractivity (Wildman–Crippen MR) is 140 cm³/mol. The average molecular weight is 525 g/mol. The molecule has 186 valence electrons. The van der Waals surface area contributed by atoms with Gasteiger partial charge in [-0.15, -0.1) is 11.3 Å². The largest absolute Gasteiger partial charge is 0.371 e. The zero-order valence-corrected chi connectivity index (χ0v) is 22.3. The molecule has 3 heterocycles. The van der Waals surface area contributed by atoms with Crippen LogP contribution in [0.3, 0.4) is 0 Å². The third kappa shape index (κ3) is 6.57. The van der Waals surface area contributed by atoms with Crippen LogP contribution < -0.4 is 10.2 Å². The molecule has 1 aromatic heterocycles. The number of benzene rings is 1. The number of nitrogens with zero attached hydrogens (tertiary/aromatic N) is 3. The molecule has 34 heavy (non-hydrogen) atoms. The summed E-state index contributed by atoms with van der Waals surface area (Å²) >= 11 is 6.51. The Labute approximate surface area is 213 Å². The molecule has 0 saturated carbocycles. The minimum Gasteiger partial charge on any atom is -0.371 e. The second kappa shape index (κ2) is 11.0. The van der Waals surface area contributed by atoms with E-state index < -0.39 is 16.9 Å². The van der Waals surface area contributed by atoms with Crippen LogP contribution in [0.25, 0.3) is 0 Å². The molecule has 2 fully saturated rings. The number of anilines is 2. The Balaban J connectivity index is 1.26. The van der Waals surface area contributed by atoms with E-state index >= 15 is 0 Å². The minimum atomic E-state index is -1.36. The lowest BCUT2D eigenvalue weighted by atomic mass is 9.79. The van der Waals surface area contributed by atoms with Gasteiger partial charge < -0.3 is 10.2 Å². The number of piperidine rings is 2. The molecule has 1 unspecified atom stereocenters. The van der Waals surface area contributed by atoms with Crippen molar-refractivity contribution < 1.29 is 13.2 Å². The minimum absolute atomic E-state index is 0.253. The van der Waals surface area contributed by atoms with Gasteiger partial charge in [-0.25, -0.2) is 13.5 Å². The lowest BCUT2D eigenvalue weighted by molar-refractivity contribution is 0.102. The van der Waals surface area contributed by atoms with E-state index in [1.807, 2.05) is 43.3 Å². The van der Waals surface area contributed by atoms with E-state index in [0.717, 1.165) is 57.5 Å². The lowest BCUT2D eigenvalue weighted by Gasteiger charge is -2.40. The molecule has 4 rings (SSSR count). The van der Waals surface area contributed by atoms with Crippen molar-refractivity contribution in [2.45, 2.75) is 52.1 Å². The van der Waals surface area contributed by atoms with Crippen LogP contribution in [0.2, 0.25) is 5.02 Å². The summed E-state index contributed by atoms with van der Waals surface area (Å²) in [7, 11) is 0. The number of halogens is 1. The van der Waals surface area contributed by atoms with Gasteiger partial charge in [0.15, 0.2) is 0 Å². The van der Waals surface area contributed by atoms with Gasteiger partial charge in [-0.2, -0.15) is 0 Å². The van der Waals surface area contributed by atoms with Crippen molar-refractivity contribution in [3.8, 4) is 0 Å². The predicted octanol–water partition coefficient (Wildman–Crippen LogP) is 5.37. The molecular weight excluding hydrogens is 492 g/mol. The summed E-state index contributed by atoms with van der Waals surface area (Å²) in [6, 6.07) is 5.82.